The Labute approximate surface area is 91.6 Å². The molecule has 15 heavy (non-hydrogen) atoms. The van der Waals surface area contributed by atoms with Crippen LogP contribution in [-0.4, -0.2) is 22.7 Å². The zero-order valence-electron chi connectivity index (χ0n) is 7.97. The second kappa shape index (κ2) is 6.21. The number of carbonyl (C=O) groups is 2. The molecule has 0 saturated carbocycles. The minimum atomic E-state index is -0.962. The first kappa shape index (κ1) is 11.7. The Balaban J connectivity index is 2.28. The fourth-order valence-corrected chi connectivity index (χ4v) is 1.81. The molecule has 0 aromatic heterocycles. The van der Waals surface area contributed by atoms with Crippen molar-refractivity contribution in [2.24, 2.45) is 0 Å². The van der Waals surface area contributed by atoms with Crippen LogP contribution in [0.3, 0.4) is 0 Å². The first-order valence-corrected chi connectivity index (χ1v) is 5.48. The van der Waals surface area contributed by atoms with E-state index in [0.29, 0.717) is 5.75 Å². The molecule has 2 N–H and O–H groups in total. The van der Waals surface area contributed by atoms with Gasteiger partial charge in [0.05, 0.1) is 5.75 Å². The molecule has 0 fully saturated rings. The third-order valence-corrected chi connectivity index (χ3v) is 2.70. The maximum atomic E-state index is 11.0. The van der Waals surface area contributed by atoms with Gasteiger partial charge in [0, 0.05) is 5.75 Å². The van der Waals surface area contributed by atoms with Gasteiger partial charge in [-0.1, -0.05) is 30.3 Å². The van der Waals surface area contributed by atoms with Crippen molar-refractivity contribution in [3.05, 3.63) is 35.9 Å². The molecule has 0 atom stereocenters. The second-order valence-electron chi connectivity index (χ2n) is 2.84. The quantitative estimate of drug-likeness (QED) is 0.445. The molecule has 0 aliphatic heterocycles. The molecule has 0 aliphatic carbocycles. The fourth-order valence-electron chi connectivity index (χ4n) is 0.964. The normalized spacial score (nSPS) is 9.67. The number of ketones is 1. The van der Waals surface area contributed by atoms with Gasteiger partial charge in [0.1, 0.15) is 0 Å². The molecule has 1 rings (SSSR count). The van der Waals surface area contributed by atoms with Crippen LogP contribution in [0.25, 0.3) is 0 Å². The van der Waals surface area contributed by atoms with Gasteiger partial charge in [-0.25, -0.2) is 5.48 Å². The number of benzene rings is 1. The smallest absolute Gasteiger partial charge is 0.288 e. The summed E-state index contributed by atoms with van der Waals surface area (Å²) in [7, 11) is 0. The van der Waals surface area contributed by atoms with Crippen LogP contribution >= 0.6 is 11.8 Å². The Morgan fingerprint density at radius 3 is 2.53 bits per heavy atom. The van der Waals surface area contributed by atoms with Crippen molar-refractivity contribution in [1.29, 1.82) is 0 Å². The van der Waals surface area contributed by atoms with E-state index < -0.39 is 11.7 Å². The number of nitrogens with one attached hydrogen (secondary N) is 1. The Hall–Kier alpha value is -1.33. The predicted molar refractivity (Wildman–Crippen MR) is 57.5 cm³/mol. The Morgan fingerprint density at radius 1 is 1.27 bits per heavy atom. The summed E-state index contributed by atoms with van der Waals surface area (Å²) in [6, 6.07) is 9.64. The van der Waals surface area contributed by atoms with E-state index in [1.54, 1.807) is 0 Å². The molecular weight excluding hydrogens is 214 g/mol. The van der Waals surface area contributed by atoms with Crippen LogP contribution in [-0.2, 0) is 15.3 Å². The lowest BCUT2D eigenvalue weighted by Gasteiger charge is -2.00. The topological polar surface area (TPSA) is 66.4 Å². The molecular formula is C10H11NO3S. The molecule has 0 aliphatic rings. The zero-order chi connectivity index (χ0) is 11.1. The van der Waals surface area contributed by atoms with Gasteiger partial charge in [0.2, 0.25) is 5.78 Å². The maximum absolute atomic E-state index is 11.0. The van der Waals surface area contributed by atoms with Crippen molar-refractivity contribution >= 4 is 23.5 Å². The lowest BCUT2D eigenvalue weighted by atomic mass is 10.2. The summed E-state index contributed by atoms with van der Waals surface area (Å²) in [6.45, 7) is 0. The molecule has 0 spiro atoms. The summed E-state index contributed by atoms with van der Waals surface area (Å²) in [6.07, 6.45) is 0. The zero-order valence-corrected chi connectivity index (χ0v) is 8.79. The molecule has 0 radical (unpaired) electrons. The third kappa shape index (κ3) is 4.14. The van der Waals surface area contributed by atoms with Gasteiger partial charge >= 0.3 is 5.91 Å². The molecule has 0 saturated heterocycles. The summed E-state index contributed by atoms with van der Waals surface area (Å²) < 4.78 is 0. The maximum Gasteiger partial charge on any atom is 0.311 e. The van der Waals surface area contributed by atoms with Crippen LogP contribution < -0.4 is 5.48 Å². The summed E-state index contributed by atoms with van der Waals surface area (Å²) >= 11 is 1.34. The molecule has 0 heterocycles. The van der Waals surface area contributed by atoms with Crippen LogP contribution in [0.4, 0.5) is 0 Å². The van der Waals surface area contributed by atoms with Gasteiger partial charge in [-0.2, -0.15) is 0 Å². The number of thioether (sulfide) groups is 1. The van der Waals surface area contributed by atoms with Gasteiger partial charge in [-0.15, -0.1) is 11.8 Å². The van der Waals surface area contributed by atoms with E-state index in [0.717, 1.165) is 5.56 Å². The molecule has 0 bridgehead atoms. The summed E-state index contributed by atoms with van der Waals surface area (Å²) in [4.78, 5) is 21.6. The average molecular weight is 225 g/mol. The Kier molecular flexibility index (Phi) is 4.86. The van der Waals surface area contributed by atoms with Crippen LogP contribution in [0.2, 0.25) is 0 Å². The number of hydroxylamine groups is 1. The van der Waals surface area contributed by atoms with Gasteiger partial charge in [-0.3, -0.25) is 14.8 Å². The molecule has 1 aromatic rings. The SMILES string of the molecule is O=C(CSCc1ccccc1)C(=O)NO. The number of Topliss-reactive ketones (excluding diaryl/α,β-unsaturated/α-hetero) is 1. The minimum absolute atomic E-state index is 0.0707. The van der Waals surface area contributed by atoms with E-state index in [9.17, 15) is 9.59 Å². The van der Waals surface area contributed by atoms with Crippen molar-refractivity contribution in [3.8, 4) is 0 Å². The Bertz CT molecular complexity index is 340. The van der Waals surface area contributed by atoms with Crippen molar-refractivity contribution in [1.82, 2.24) is 5.48 Å². The van der Waals surface area contributed by atoms with E-state index in [1.807, 2.05) is 30.3 Å². The lowest BCUT2D eigenvalue weighted by molar-refractivity contribution is -0.141. The second-order valence-corrected chi connectivity index (χ2v) is 3.83. The molecule has 80 valence electrons. The standard InChI is InChI=1S/C10H11NO3S/c12-9(10(13)11-14)7-15-6-8-4-2-1-3-5-8/h1-5,14H,6-7H2,(H,11,13). The molecule has 1 amide bonds. The van der Waals surface area contributed by atoms with Crippen molar-refractivity contribution in [3.63, 3.8) is 0 Å². The summed E-state index contributed by atoms with van der Waals surface area (Å²) in [5.41, 5.74) is 2.41. The highest BCUT2D eigenvalue weighted by molar-refractivity contribution is 7.99. The Morgan fingerprint density at radius 2 is 1.93 bits per heavy atom. The summed E-state index contributed by atoms with van der Waals surface area (Å²) in [5.74, 6) is -0.846. The minimum Gasteiger partial charge on any atom is -0.288 e. The largest absolute Gasteiger partial charge is 0.311 e. The van der Waals surface area contributed by atoms with Crippen LogP contribution in [0.5, 0.6) is 0 Å². The monoisotopic (exact) mass is 225 g/mol. The van der Waals surface area contributed by atoms with Crippen molar-refractivity contribution in [2.75, 3.05) is 5.75 Å². The molecule has 1 aromatic carbocycles. The lowest BCUT2D eigenvalue weighted by Crippen LogP contribution is -2.29. The number of hydrogen-bond acceptors (Lipinski definition) is 4. The third-order valence-electron chi connectivity index (χ3n) is 1.70. The van der Waals surface area contributed by atoms with Crippen LogP contribution in [0, 0.1) is 0 Å². The first-order chi connectivity index (χ1) is 7.24. The molecule has 4 nitrogen and oxygen atoms in total. The highest BCUT2D eigenvalue weighted by atomic mass is 32.2. The van der Waals surface area contributed by atoms with Crippen molar-refractivity contribution < 1.29 is 14.8 Å². The number of rotatable bonds is 5. The number of amides is 1. The highest BCUT2D eigenvalue weighted by Crippen LogP contribution is 2.11. The molecule has 0 unspecified atom stereocenters. The average Bonchev–Trinajstić information content (AvgIpc) is 2.29. The summed E-state index contributed by atoms with van der Waals surface area (Å²) in [5, 5.41) is 8.19. The van der Waals surface area contributed by atoms with Gasteiger partial charge in [-0.05, 0) is 5.56 Å². The van der Waals surface area contributed by atoms with Gasteiger partial charge < -0.3 is 0 Å². The van der Waals surface area contributed by atoms with E-state index >= 15 is 0 Å². The van der Waals surface area contributed by atoms with Crippen molar-refractivity contribution in [2.45, 2.75) is 5.75 Å². The van der Waals surface area contributed by atoms with E-state index in [-0.39, 0.29) is 5.75 Å². The molecule has 5 heteroatoms. The highest BCUT2D eigenvalue weighted by Gasteiger charge is 2.11. The van der Waals surface area contributed by atoms with E-state index in [2.05, 4.69) is 0 Å². The first-order valence-electron chi connectivity index (χ1n) is 4.33. The van der Waals surface area contributed by atoms with Gasteiger partial charge in [0.25, 0.3) is 0 Å². The fraction of sp³-hybridized carbons (Fsp3) is 0.200. The van der Waals surface area contributed by atoms with E-state index in [1.165, 1.54) is 17.2 Å². The number of carbonyl (C=O) groups excluding carboxylic acids is 2. The van der Waals surface area contributed by atoms with Crippen LogP contribution in [0.1, 0.15) is 5.56 Å². The number of hydrogen-bond donors (Lipinski definition) is 2. The van der Waals surface area contributed by atoms with E-state index in [4.69, 9.17) is 5.21 Å². The van der Waals surface area contributed by atoms with Crippen LogP contribution in [0.15, 0.2) is 30.3 Å². The van der Waals surface area contributed by atoms with Gasteiger partial charge in [0.15, 0.2) is 0 Å². The predicted octanol–water partition coefficient (Wildman–Crippen LogP) is 0.994.